The Kier molecular flexibility index (Phi) is 5.14. The van der Waals surface area contributed by atoms with Crippen molar-refractivity contribution >= 4 is 33.0 Å². The first kappa shape index (κ1) is 20.5. The van der Waals surface area contributed by atoms with Crippen LogP contribution in [0.5, 0.6) is 0 Å². The van der Waals surface area contributed by atoms with Gasteiger partial charge in [0.25, 0.3) is 10.0 Å². The Hall–Kier alpha value is -2.73. The molecule has 1 aromatic heterocycles. The number of hydrogen-bond donors (Lipinski definition) is 0. The molecule has 1 unspecified atom stereocenters. The third-order valence-electron chi connectivity index (χ3n) is 6.45. The van der Waals surface area contributed by atoms with Gasteiger partial charge in [-0.1, -0.05) is 42.8 Å². The maximum absolute atomic E-state index is 13.7. The van der Waals surface area contributed by atoms with E-state index in [0.717, 1.165) is 11.8 Å². The summed E-state index contributed by atoms with van der Waals surface area (Å²) < 4.78 is 28.6. The van der Waals surface area contributed by atoms with Gasteiger partial charge in [-0.05, 0) is 50.8 Å². The SMILES string of the molecule is CCC1(CCC=O)CCc2c(c3ccccc3n2S(=O)(=O)c2ccc(C)cc2)C1=O. The van der Waals surface area contributed by atoms with Gasteiger partial charge in [0.1, 0.15) is 6.29 Å². The summed E-state index contributed by atoms with van der Waals surface area (Å²) in [5, 5.41) is 0.664. The molecule has 0 N–H and O–H groups in total. The quantitative estimate of drug-likeness (QED) is 0.539. The number of hydrogen-bond acceptors (Lipinski definition) is 4. The summed E-state index contributed by atoms with van der Waals surface area (Å²) in [6, 6.07) is 14.0. The van der Waals surface area contributed by atoms with E-state index in [4.69, 9.17) is 0 Å². The maximum Gasteiger partial charge on any atom is 0.268 e. The fourth-order valence-corrected chi connectivity index (χ4v) is 6.24. The van der Waals surface area contributed by atoms with Crippen LogP contribution in [-0.4, -0.2) is 24.5 Å². The van der Waals surface area contributed by atoms with Gasteiger partial charge >= 0.3 is 0 Å². The Bertz CT molecular complexity index is 1240. The van der Waals surface area contributed by atoms with Crippen molar-refractivity contribution in [1.82, 2.24) is 3.97 Å². The highest BCUT2D eigenvalue weighted by molar-refractivity contribution is 7.90. The average molecular weight is 424 g/mol. The predicted octanol–water partition coefficient (Wildman–Crippen LogP) is 4.69. The van der Waals surface area contributed by atoms with Gasteiger partial charge in [-0.3, -0.25) is 4.79 Å². The summed E-state index contributed by atoms with van der Waals surface area (Å²) in [7, 11) is -3.86. The van der Waals surface area contributed by atoms with Crippen molar-refractivity contribution < 1.29 is 18.0 Å². The molecule has 3 aromatic rings. The number of carbonyl (C=O) groups is 2. The first-order chi connectivity index (χ1) is 14.4. The molecule has 30 heavy (non-hydrogen) atoms. The molecule has 1 heterocycles. The summed E-state index contributed by atoms with van der Waals surface area (Å²) in [4.78, 5) is 24.9. The summed E-state index contributed by atoms with van der Waals surface area (Å²) in [5.41, 5.74) is 1.94. The zero-order valence-electron chi connectivity index (χ0n) is 17.2. The average Bonchev–Trinajstić information content (AvgIpc) is 3.09. The highest BCUT2D eigenvalue weighted by atomic mass is 32.2. The molecule has 0 saturated carbocycles. The van der Waals surface area contributed by atoms with Crippen LogP contribution in [-0.2, 0) is 21.2 Å². The molecule has 0 bridgehead atoms. The van der Waals surface area contributed by atoms with Gasteiger partial charge in [-0.2, -0.15) is 0 Å². The number of Topliss-reactive ketones (excluding diaryl/α,β-unsaturated/α-hetero) is 1. The van der Waals surface area contributed by atoms with E-state index in [1.54, 1.807) is 36.4 Å². The molecule has 1 atom stereocenters. The number of aromatic nitrogens is 1. The molecule has 0 fully saturated rings. The van der Waals surface area contributed by atoms with Crippen molar-refractivity contribution in [2.24, 2.45) is 5.41 Å². The van der Waals surface area contributed by atoms with E-state index in [9.17, 15) is 18.0 Å². The van der Waals surface area contributed by atoms with Gasteiger partial charge < -0.3 is 4.79 Å². The molecule has 2 aromatic carbocycles. The molecule has 0 saturated heterocycles. The standard InChI is InChI=1S/C24H25NO4S/c1-3-24(14-6-16-26)15-13-21-22(23(24)27)19-7-4-5-8-20(19)25(21)30(28,29)18-11-9-17(2)10-12-18/h4-5,7-12,16H,3,6,13-15H2,1-2H3. The molecule has 1 aliphatic rings. The number of fused-ring (bicyclic) bond motifs is 3. The lowest BCUT2D eigenvalue weighted by Gasteiger charge is -2.35. The highest BCUT2D eigenvalue weighted by Crippen LogP contribution is 2.45. The first-order valence-electron chi connectivity index (χ1n) is 10.3. The molecule has 1 aliphatic carbocycles. The molecule has 0 amide bonds. The molecule has 0 spiro atoms. The minimum Gasteiger partial charge on any atom is -0.303 e. The summed E-state index contributed by atoms with van der Waals surface area (Å²) >= 11 is 0. The Morgan fingerprint density at radius 3 is 2.47 bits per heavy atom. The number of aldehydes is 1. The Balaban J connectivity index is 1.97. The van der Waals surface area contributed by atoms with Gasteiger partial charge in [-0.25, -0.2) is 12.4 Å². The van der Waals surface area contributed by atoms with Crippen LogP contribution in [0, 0.1) is 12.3 Å². The Morgan fingerprint density at radius 1 is 1.10 bits per heavy atom. The topological polar surface area (TPSA) is 73.2 Å². The number of aryl methyl sites for hydroxylation is 1. The molecular formula is C24H25NO4S. The monoisotopic (exact) mass is 423 g/mol. The molecule has 0 radical (unpaired) electrons. The lowest BCUT2D eigenvalue weighted by molar-refractivity contribution is -0.108. The lowest BCUT2D eigenvalue weighted by atomic mass is 9.67. The summed E-state index contributed by atoms with van der Waals surface area (Å²) in [6.07, 6.45) is 3.33. The van der Waals surface area contributed by atoms with Crippen molar-refractivity contribution in [3.8, 4) is 0 Å². The summed E-state index contributed by atoms with van der Waals surface area (Å²) in [6.45, 7) is 3.88. The van der Waals surface area contributed by atoms with Crippen LogP contribution in [0.4, 0.5) is 0 Å². The minimum absolute atomic E-state index is 0.0397. The number of nitrogens with zero attached hydrogens (tertiary/aromatic N) is 1. The molecule has 156 valence electrons. The van der Waals surface area contributed by atoms with E-state index in [1.165, 1.54) is 3.97 Å². The van der Waals surface area contributed by atoms with Gasteiger partial charge in [0.05, 0.1) is 10.4 Å². The van der Waals surface area contributed by atoms with Crippen molar-refractivity contribution in [2.45, 2.75) is 50.8 Å². The van der Waals surface area contributed by atoms with Crippen LogP contribution in [0.15, 0.2) is 53.4 Å². The van der Waals surface area contributed by atoms with E-state index >= 15 is 0 Å². The van der Waals surface area contributed by atoms with E-state index < -0.39 is 15.4 Å². The second-order valence-electron chi connectivity index (χ2n) is 8.09. The lowest BCUT2D eigenvalue weighted by Crippen LogP contribution is -2.36. The third-order valence-corrected chi connectivity index (χ3v) is 8.22. The normalized spacial score (nSPS) is 19.1. The van der Waals surface area contributed by atoms with E-state index in [1.807, 2.05) is 26.0 Å². The number of para-hydroxylation sites is 1. The van der Waals surface area contributed by atoms with E-state index in [-0.39, 0.29) is 10.7 Å². The molecule has 0 aliphatic heterocycles. The molecule has 5 nitrogen and oxygen atoms in total. The van der Waals surface area contributed by atoms with Crippen LogP contribution >= 0.6 is 0 Å². The molecule has 4 rings (SSSR count). The van der Waals surface area contributed by atoms with Crippen molar-refractivity contribution in [3.05, 3.63) is 65.4 Å². The predicted molar refractivity (Wildman–Crippen MR) is 116 cm³/mol. The first-order valence-corrected chi connectivity index (χ1v) is 11.7. The van der Waals surface area contributed by atoms with Gasteiger partial charge in [0.15, 0.2) is 5.78 Å². The number of benzene rings is 2. The van der Waals surface area contributed by atoms with Gasteiger partial charge in [0, 0.05) is 28.5 Å². The zero-order chi connectivity index (χ0) is 21.5. The largest absolute Gasteiger partial charge is 0.303 e. The Morgan fingerprint density at radius 2 is 1.80 bits per heavy atom. The van der Waals surface area contributed by atoms with Crippen LogP contribution in [0.1, 0.15) is 54.2 Å². The van der Waals surface area contributed by atoms with E-state index in [2.05, 4.69) is 0 Å². The summed E-state index contributed by atoms with van der Waals surface area (Å²) in [5.74, 6) is -0.0397. The number of carbonyl (C=O) groups excluding carboxylic acids is 2. The fourth-order valence-electron chi connectivity index (χ4n) is 4.66. The fraction of sp³-hybridized carbons (Fsp3) is 0.333. The van der Waals surface area contributed by atoms with Crippen LogP contribution < -0.4 is 0 Å². The Labute approximate surface area is 176 Å². The molecular weight excluding hydrogens is 398 g/mol. The van der Waals surface area contributed by atoms with E-state index in [0.29, 0.717) is 54.3 Å². The van der Waals surface area contributed by atoms with Gasteiger partial charge in [0.2, 0.25) is 0 Å². The second kappa shape index (κ2) is 7.51. The number of ketones is 1. The maximum atomic E-state index is 13.7. The van der Waals surface area contributed by atoms with Crippen LogP contribution in [0.25, 0.3) is 10.9 Å². The number of rotatable bonds is 6. The third kappa shape index (κ3) is 3.01. The smallest absolute Gasteiger partial charge is 0.268 e. The van der Waals surface area contributed by atoms with Crippen LogP contribution in [0.3, 0.4) is 0 Å². The van der Waals surface area contributed by atoms with Crippen molar-refractivity contribution in [2.75, 3.05) is 0 Å². The molecule has 6 heteroatoms. The van der Waals surface area contributed by atoms with Crippen molar-refractivity contribution in [1.29, 1.82) is 0 Å². The highest BCUT2D eigenvalue weighted by Gasteiger charge is 2.44. The second-order valence-corrected chi connectivity index (χ2v) is 9.88. The van der Waals surface area contributed by atoms with Gasteiger partial charge in [-0.15, -0.1) is 0 Å². The zero-order valence-corrected chi connectivity index (χ0v) is 18.0. The minimum atomic E-state index is -3.86. The van der Waals surface area contributed by atoms with Crippen molar-refractivity contribution in [3.63, 3.8) is 0 Å². The van der Waals surface area contributed by atoms with Crippen LogP contribution in [0.2, 0.25) is 0 Å².